The molecule has 2 rings (SSSR count). The lowest BCUT2D eigenvalue weighted by atomic mass is 9.80. The van der Waals surface area contributed by atoms with Crippen molar-refractivity contribution in [2.24, 2.45) is 5.16 Å². The summed E-state index contributed by atoms with van der Waals surface area (Å²) >= 11 is 1.06. The molecular weight excluding hydrogens is 414 g/mol. The molecule has 0 radical (unpaired) electrons. The molecule has 1 fully saturated rings. The topological polar surface area (TPSA) is 140 Å². The zero-order valence-electron chi connectivity index (χ0n) is 18.0. The standard InChI is InChI=1S/C19H29N3O7S/c1-17(2,3)27-14(25)19(8-7-9-19)29-22-12(13(23)24)11-10-30-15(20-11)21-16(26)28-18(4,5)6/h10,16,26H,7-9H2,1-6H3,(H,20,21)(H,23,24). The smallest absolute Gasteiger partial charge is 0.360 e. The SMILES string of the molecule is CC(C)(C)OC(=O)C1(ON=C(C(=O)O)c2csc(NC(O)OC(C)(C)C)n2)CCC1. The van der Waals surface area contributed by atoms with Gasteiger partial charge in [-0.3, -0.25) is 0 Å². The first-order valence-electron chi connectivity index (χ1n) is 9.52. The van der Waals surface area contributed by atoms with Gasteiger partial charge in [-0.05, 0) is 48.0 Å². The summed E-state index contributed by atoms with van der Waals surface area (Å²) in [6, 6.07) is 0. The number of hydrogen-bond donors (Lipinski definition) is 3. The zero-order valence-corrected chi connectivity index (χ0v) is 18.8. The molecule has 0 spiro atoms. The fraction of sp³-hybridized carbons (Fsp3) is 0.684. The molecule has 0 aliphatic heterocycles. The van der Waals surface area contributed by atoms with Crippen molar-refractivity contribution in [3.8, 4) is 0 Å². The van der Waals surface area contributed by atoms with Gasteiger partial charge in [0.05, 0.1) is 5.60 Å². The minimum absolute atomic E-state index is 0.0246. The van der Waals surface area contributed by atoms with Crippen molar-refractivity contribution in [3.05, 3.63) is 11.1 Å². The van der Waals surface area contributed by atoms with Crippen molar-refractivity contribution in [1.29, 1.82) is 0 Å². The highest BCUT2D eigenvalue weighted by molar-refractivity contribution is 7.14. The van der Waals surface area contributed by atoms with Crippen LogP contribution in [0.3, 0.4) is 0 Å². The Balaban J connectivity index is 2.14. The number of carbonyl (C=O) groups excluding carboxylic acids is 1. The van der Waals surface area contributed by atoms with Crippen molar-refractivity contribution in [2.45, 2.75) is 84.0 Å². The summed E-state index contributed by atoms with van der Waals surface area (Å²) < 4.78 is 10.7. The van der Waals surface area contributed by atoms with Crippen molar-refractivity contribution < 1.29 is 34.1 Å². The molecule has 0 aromatic carbocycles. The van der Waals surface area contributed by atoms with E-state index in [0.717, 1.165) is 17.8 Å². The Morgan fingerprint density at radius 2 is 1.87 bits per heavy atom. The normalized spacial score (nSPS) is 17.6. The molecule has 1 aliphatic carbocycles. The number of nitrogens with zero attached hydrogens (tertiary/aromatic N) is 2. The predicted molar refractivity (Wildman–Crippen MR) is 110 cm³/mol. The van der Waals surface area contributed by atoms with Crippen LogP contribution < -0.4 is 5.32 Å². The highest BCUT2D eigenvalue weighted by Gasteiger charge is 2.50. The minimum Gasteiger partial charge on any atom is -0.476 e. The maximum absolute atomic E-state index is 12.5. The van der Waals surface area contributed by atoms with E-state index in [1.54, 1.807) is 41.5 Å². The first-order valence-corrected chi connectivity index (χ1v) is 10.4. The number of thiazole rings is 1. The Hall–Kier alpha value is -2.24. The number of esters is 1. The number of carboxylic acids is 1. The molecule has 1 aromatic heterocycles. The molecule has 11 heteroatoms. The number of carbonyl (C=O) groups is 2. The fourth-order valence-corrected chi connectivity index (χ4v) is 3.16. The molecule has 3 N–H and O–H groups in total. The number of aromatic nitrogens is 1. The number of hydrogen-bond acceptors (Lipinski definition) is 10. The lowest BCUT2D eigenvalue weighted by Gasteiger charge is -2.38. The van der Waals surface area contributed by atoms with Crippen LogP contribution in [0.2, 0.25) is 0 Å². The molecule has 1 unspecified atom stereocenters. The molecule has 30 heavy (non-hydrogen) atoms. The van der Waals surface area contributed by atoms with Crippen LogP contribution in [0.25, 0.3) is 0 Å². The highest BCUT2D eigenvalue weighted by Crippen LogP contribution is 2.38. The van der Waals surface area contributed by atoms with Gasteiger partial charge in [0.2, 0.25) is 17.7 Å². The monoisotopic (exact) mass is 443 g/mol. The van der Waals surface area contributed by atoms with Gasteiger partial charge in [-0.1, -0.05) is 5.16 Å². The quantitative estimate of drug-likeness (QED) is 0.239. The first kappa shape index (κ1) is 24.0. The van der Waals surface area contributed by atoms with Gasteiger partial charge in [0.1, 0.15) is 11.3 Å². The number of anilines is 1. The van der Waals surface area contributed by atoms with E-state index in [1.807, 2.05) is 0 Å². The van der Waals surface area contributed by atoms with Crippen LogP contribution in [0.1, 0.15) is 66.5 Å². The van der Waals surface area contributed by atoms with E-state index >= 15 is 0 Å². The Morgan fingerprint density at radius 1 is 1.23 bits per heavy atom. The fourth-order valence-electron chi connectivity index (χ4n) is 2.45. The second kappa shape index (κ2) is 8.86. The first-order chi connectivity index (χ1) is 13.7. The second-order valence-electron chi connectivity index (χ2n) is 8.95. The maximum atomic E-state index is 12.5. The molecule has 168 valence electrons. The van der Waals surface area contributed by atoms with Crippen LogP contribution in [0.4, 0.5) is 5.13 Å². The van der Waals surface area contributed by atoms with Gasteiger partial charge in [0, 0.05) is 18.2 Å². The van der Waals surface area contributed by atoms with Gasteiger partial charge in [-0.2, -0.15) is 0 Å². The number of aliphatic carboxylic acids is 1. The van der Waals surface area contributed by atoms with E-state index < -0.39 is 40.9 Å². The van der Waals surface area contributed by atoms with Crippen LogP contribution >= 0.6 is 11.3 Å². The number of aliphatic hydroxyl groups excluding tert-OH is 1. The third-order valence-electron chi connectivity index (χ3n) is 3.91. The van der Waals surface area contributed by atoms with Crippen molar-refractivity contribution >= 4 is 34.1 Å². The third-order valence-corrected chi connectivity index (χ3v) is 4.68. The molecule has 10 nitrogen and oxygen atoms in total. The van der Waals surface area contributed by atoms with Crippen LogP contribution in [0, 0.1) is 0 Å². The Kier molecular flexibility index (Phi) is 7.10. The van der Waals surface area contributed by atoms with E-state index in [2.05, 4.69) is 15.5 Å². The number of oxime groups is 1. The predicted octanol–water partition coefficient (Wildman–Crippen LogP) is 2.72. The van der Waals surface area contributed by atoms with E-state index in [0.29, 0.717) is 12.8 Å². The van der Waals surface area contributed by atoms with Gasteiger partial charge in [-0.15, -0.1) is 11.3 Å². The van der Waals surface area contributed by atoms with Crippen LogP contribution in [-0.2, 0) is 23.9 Å². The van der Waals surface area contributed by atoms with Gasteiger partial charge in [-0.25, -0.2) is 14.6 Å². The van der Waals surface area contributed by atoms with Crippen LogP contribution in [0.15, 0.2) is 10.5 Å². The second-order valence-corrected chi connectivity index (χ2v) is 9.81. The number of rotatable bonds is 8. The number of aliphatic hydroxyl groups is 1. The van der Waals surface area contributed by atoms with Gasteiger partial charge >= 0.3 is 11.9 Å². The largest absolute Gasteiger partial charge is 0.476 e. The molecule has 0 amide bonds. The number of ether oxygens (including phenoxy) is 2. The lowest BCUT2D eigenvalue weighted by Crippen LogP contribution is -2.50. The minimum atomic E-state index is -1.36. The van der Waals surface area contributed by atoms with E-state index in [9.17, 15) is 19.8 Å². The number of carboxylic acid groups (broad SMARTS) is 1. The average Bonchev–Trinajstić information content (AvgIpc) is 2.93. The summed E-state index contributed by atoms with van der Waals surface area (Å²) in [5.41, 5.74) is -3.01. The Bertz CT molecular complexity index is 804. The van der Waals surface area contributed by atoms with E-state index in [-0.39, 0.29) is 10.8 Å². The Labute approximate surface area is 179 Å². The van der Waals surface area contributed by atoms with Gasteiger partial charge < -0.3 is 29.8 Å². The molecular formula is C19H29N3O7S. The summed E-state index contributed by atoms with van der Waals surface area (Å²) in [5, 5.41) is 27.5. The van der Waals surface area contributed by atoms with Crippen molar-refractivity contribution in [3.63, 3.8) is 0 Å². The van der Waals surface area contributed by atoms with Gasteiger partial charge in [0.25, 0.3) is 0 Å². The van der Waals surface area contributed by atoms with Crippen molar-refractivity contribution in [1.82, 2.24) is 4.98 Å². The Morgan fingerprint density at radius 3 is 2.33 bits per heavy atom. The summed E-state index contributed by atoms with van der Waals surface area (Å²) in [6.07, 6.45) is 0.195. The molecule has 0 bridgehead atoms. The zero-order chi connectivity index (χ0) is 22.7. The molecule has 1 aromatic rings. The lowest BCUT2D eigenvalue weighted by molar-refractivity contribution is -0.196. The summed E-state index contributed by atoms with van der Waals surface area (Å²) in [4.78, 5) is 33.7. The summed E-state index contributed by atoms with van der Waals surface area (Å²) in [5.74, 6) is -1.94. The van der Waals surface area contributed by atoms with E-state index in [4.69, 9.17) is 14.3 Å². The van der Waals surface area contributed by atoms with E-state index in [1.165, 1.54) is 5.38 Å². The number of nitrogens with one attached hydrogen (secondary N) is 1. The van der Waals surface area contributed by atoms with Gasteiger partial charge in [0.15, 0.2) is 5.13 Å². The average molecular weight is 444 g/mol. The molecule has 1 atom stereocenters. The third kappa shape index (κ3) is 6.64. The highest BCUT2D eigenvalue weighted by atomic mass is 32.1. The summed E-state index contributed by atoms with van der Waals surface area (Å²) in [7, 11) is 0. The summed E-state index contributed by atoms with van der Waals surface area (Å²) in [6.45, 7) is 10.6. The van der Waals surface area contributed by atoms with Crippen LogP contribution in [0.5, 0.6) is 0 Å². The van der Waals surface area contributed by atoms with Crippen LogP contribution in [-0.4, -0.2) is 56.1 Å². The maximum Gasteiger partial charge on any atom is 0.360 e. The molecule has 1 aliphatic rings. The van der Waals surface area contributed by atoms with Crippen molar-refractivity contribution in [2.75, 3.05) is 5.32 Å². The molecule has 0 saturated heterocycles. The molecule has 1 heterocycles. The molecule has 1 saturated carbocycles.